The van der Waals surface area contributed by atoms with E-state index in [0.717, 1.165) is 0 Å². The molecular weight excluding hydrogens is 417 g/mol. The lowest BCUT2D eigenvalue weighted by atomic mass is 10.3. The van der Waals surface area contributed by atoms with Gasteiger partial charge in [0, 0.05) is 19.5 Å². The molecule has 2 heterocycles. The number of carbonyl (C=O) groups excluding carboxylic acids is 1. The molecular formula is C18H21F3N8O2. The molecule has 1 aliphatic rings. The Morgan fingerprint density at radius 1 is 1.45 bits per heavy atom. The molecule has 2 aromatic rings. The number of ether oxygens (including phenoxy) is 1. The summed E-state index contributed by atoms with van der Waals surface area (Å²) in [5.41, 5.74) is 0.599. The van der Waals surface area contributed by atoms with Crippen molar-refractivity contribution in [2.24, 2.45) is 4.99 Å². The van der Waals surface area contributed by atoms with Crippen LogP contribution < -0.4 is 21.3 Å². The number of hydrogen-bond donors (Lipinski definition) is 4. The average Bonchev–Trinajstić information content (AvgIpc) is 3.26. The van der Waals surface area contributed by atoms with E-state index < -0.39 is 30.7 Å². The average molecular weight is 438 g/mol. The van der Waals surface area contributed by atoms with E-state index in [1.54, 1.807) is 26.1 Å². The van der Waals surface area contributed by atoms with Crippen LogP contribution in [-0.4, -0.2) is 53.2 Å². The van der Waals surface area contributed by atoms with Crippen molar-refractivity contribution in [2.75, 3.05) is 23.0 Å². The van der Waals surface area contributed by atoms with Crippen LogP contribution in [0.5, 0.6) is 0 Å². The first-order chi connectivity index (χ1) is 14.9. The number of carbonyl (C=O) groups is 1. The Bertz CT molecular complexity index is 1040. The van der Waals surface area contributed by atoms with Crippen molar-refractivity contribution < 1.29 is 22.7 Å². The molecule has 10 nitrogen and oxygen atoms in total. The highest BCUT2D eigenvalue weighted by atomic mass is 19.3. The van der Waals surface area contributed by atoms with Crippen LogP contribution >= 0.6 is 0 Å². The summed E-state index contributed by atoms with van der Waals surface area (Å²) < 4.78 is 44.2. The van der Waals surface area contributed by atoms with Gasteiger partial charge in [-0.3, -0.25) is 0 Å². The molecule has 0 saturated heterocycles. The summed E-state index contributed by atoms with van der Waals surface area (Å²) in [6.45, 7) is 1.84. The van der Waals surface area contributed by atoms with Crippen LogP contribution in [0, 0.1) is 0 Å². The molecule has 1 aliphatic carbocycles. The standard InChI is InChI=1S/C18H21F3N8O2/c1-4-5-10(16(23-3)31-17(20)21)25-13-7-14(22-2)29-15(28-13)12(8-24-29)27-18(30)26-11-6-9(11)19/h4-5,7-9,11,17,22H,3,6H2,1-2H3,(H,25,28)(H2,26,27,30)/b5-4-,16-10-/t9-,11+/m0/s1. The molecule has 13 heteroatoms. The van der Waals surface area contributed by atoms with E-state index in [2.05, 4.69) is 47.8 Å². The first-order valence-electron chi connectivity index (χ1n) is 9.19. The number of aliphatic imine (C=N–C) groups is 1. The minimum absolute atomic E-state index is 0.0891. The smallest absolute Gasteiger partial charge is 0.388 e. The Labute approximate surface area is 175 Å². The highest BCUT2D eigenvalue weighted by Gasteiger charge is 2.38. The SMILES string of the molecule is C=N/C(OC(F)F)=C(\C=C/C)Nc1cc(NC)n2ncc(NC(=O)N[C@@H]3C[C@@H]3F)c2n1. The van der Waals surface area contributed by atoms with Crippen molar-refractivity contribution in [1.82, 2.24) is 19.9 Å². The van der Waals surface area contributed by atoms with Gasteiger partial charge in [-0.05, 0) is 19.7 Å². The van der Waals surface area contributed by atoms with Crippen LogP contribution in [-0.2, 0) is 4.74 Å². The molecule has 31 heavy (non-hydrogen) atoms. The summed E-state index contributed by atoms with van der Waals surface area (Å²) in [5.74, 6) is 0.283. The van der Waals surface area contributed by atoms with Gasteiger partial charge in [-0.1, -0.05) is 6.08 Å². The van der Waals surface area contributed by atoms with E-state index in [1.165, 1.54) is 16.8 Å². The number of nitrogens with zero attached hydrogens (tertiary/aromatic N) is 4. The maximum Gasteiger partial charge on any atom is 0.388 e. The lowest BCUT2D eigenvalue weighted by Gasteiger charge is -2.13. The second kappa shape index (κ2) is 9.36. The lowest BCUT2D eigenvalue weighted by Crippen LogP contribution is -2.31. The van der Waals surface area contributed by atoms with E-state index >= 15 is 0 Å². The van der Waals surface area contributed by atoms with Crippen molar-refractivity contribution in [3.63, 3.8) is 0 Å². The molecule has 2 aromatic heterocycles. The largest absolute Gasteiger partial charge is 0.415 e. The van der Waals surface area contributed by atoms with Gasteiger partial charge in [0.15, 0.2) is 5.65 Å². The number of hydrogen-bond acceptors (Lipinski definition) is 7. The van der Waals surface area contributed by atoms with E-state index in [-0.39, 0.29) is 29.3 Å². The third-order valence-corrected chi connectivity index (χ3v) is 4.18. The third kappa shape index (κ3) is 5.24. The Hall–Kier alpha value is -3.77. The fourth-order valence-corrected chi connectivity index (χ4v) is 2.67. The quantitative estimate of drug-likeness (QED) is 0.272. The fraction of sp³-hybridized carbons (Fsp3) is 0.333. The van der Waals surface area contributed by atoms with E-state index in [0.29, 0.717) is 5.82 Å². The van der Waals surface area contributed by atoms with Crippen molar-refractivity contribution in [1.29, 1.82) is 0 Å². The summed E-state index contributed by atoms with van der Waals surface area (Å²) in [7, 11) is 1.65. The second-order valence-corrected chi connectivity index (χ2v) is 6.41. The van der Waals surface area contributed by atoms with Crippen LogP contribution in [0.4, 0.5) is 35.3 Å². The van der Waals surface area contributed by atoms with Crippen molar-refractivity contribution >= 4 is 35.7 Å². The molecule has 2 amide bonds. The van der Waals surface area contributed by atoms with Crippen LogP contribution in [0.25, 0.3) is 5.65 Å². The zero-order valence-corrected chi connectivity index (χ0v) is 16.7. The maximum absolute atomic E-state index is 13.0. The first-order valence-corrected chi connectivity index (χ1v) is 9.19. The van der Waals surface area contributed by atoms with Gasteiger partial charge in [-0.15, -0.1) is 0 Å². The minimum atomic E-state index is -3.09. The normalized spacial score (nSPS) is 18.6. The number of anilines is 3. The number of alkyl halides is 3. The van der Waals surface area contributed by atoms with Gasteiger partial charge in [0.25, 0.3) is 0 Å². The first kappa shape index (κ1) is 21.9. The molecule has 1 fully saturated rings. The van der Waals surface area contributed by atoms with Crippen molar-refractivity contribution in [2.45, 2.75) is 32.2 Å². The molecule has 166 valence electrons. The molecule has 0 spiro atoms. The fourth-order valence-electron chi connectivity index (χ4n) is 2.67. The summed E-state index contributed by atoms with van der Waals surface area (Å²) >= 11 is 0. The molecule has 4 N–H and O–H groups in total. The number of amides is 2. The molecule has 0 aromatic carbocycles. The number of aromatic nitrogens is 3. The predicted molar refractivity (Wildman–Crippen MR) is 110 cm³/mol. The summed E-state index contributed by atoms with van der Waals surface area (Å²) in [6, 6.07) is 0.464. The highest BCUT2D eigenvalue weighted by Crippen LogP contribution is 2.26. The van der Waals surface area contributed by atoms with Crippen LogP contribution in [0.2, 0.25) is 0 Å². The van der Waals surface area contributed by atoms with E-state index in [4.69, 9.17) is 0 Å². The van der Waals surface area contributed by atoms with Gasteiger partial charge >= 0.3 is 12.6 Å². The number of allylic oxidation sites excluding steroid dienone is 2. The van der Waals surface area contributed by atoms with Gasteiger partial charge in [0.1, 0.15) is 29.2 Å². The van der Waals surface area contributed by atoms with E-state index in [1.807, 2.05) is 0 Å². The number of halogens is 3. The zero-order valence-electron chi connectivity index (χ0n) is 16.7. The summed E-state index contributed by atoms with van der Waals surface area (Å²) in [6.07, 6.45) is 3.67. The van der Waals surface area contributed by atoms with Crippen molar-refractivity contribution in [3.8, 4) is 0 Å². The van der Waals surface area contributed by atoms with Gasteiger partial charge in [0.2, 0.25) is 5.88 Å². The third-order valence-electron chi connectivity index (χ3n) is 4.18. The monoisotopic (exact) mass is 438 g/mol. The van der Waals surface area contributed by atoms with Crippen LogP contribution in [0.1, 0.15) is 13.3 Å². The van der Waals surface area contributed by atoms with Gasteiger partial charge in [-0.25, -0.2) is 19.2 Å². The Morgan fingerprint density at radius 2 is 2.19 bits per heavy atom. The topological polar surface area (TPSA) is 117 Å². The van der Waals surface area contributed by atoms with Crippen LogP contribution in [0.15, 0.2) is 41.0 Å². The molecule has 1 saturated carbocycles. The Kier molecular flexibility index (Phi) is 6.62. The molecule has 3 rings (SSSR count). The molecule has 0 bridgehead atoms. The number of nitrogens with one attached hydrogen (secondary N) is 4. The maximum atomic E-state index is 13.0. The Balaban J connectivity index is 1.93. The lowest BCUT2D eigenvalue weighted by molar-refractivity contribution is -0.0970. The number of urea groups is 1. The predicted octanol–water partition coefficient (Wildman–Crippen LogP) is 3.10. The number of rotatable bonds is 9. The second-order valence-electron chi connectivity index (χ2n) is 6.41. The van der Waals surface area contributed by atoms with Crippen molar-refractivity contribution in [3.05, 3.63) is 36.0 Å². The highest BCUT2D eigenvalue weighted by molar-refractivity contribution is 5.93. The van der Waals surface area contributed by atoms with Crippen LogP contribution in [0.3, 0.4) is 0 Å². The Morgan fingerprint density at radius 3 is 2.77 bits per heavy atom. The zero-order chi connectivity index (χ0) is 22.5. The van der Waals surface area contributed by atoms with Gasteiger partial charge in [-0.2, -0.15) is 18.4 Å². The number of fused-ring (bicyclic) bond motifs is 1. The molecule has 0 radical (unpaired) electrons. The summed E-state index contributed by atoms with van der Waals surface area (Å²) in [4.78, 5) is 20.0. The van der Waals surface area contributed by atoms with E-state index in [9.17, 15) is 18.0 Å². The minimum Gasteiger partial charge on any atom is -0.415 e. The molecule has 2 atom stereocenters. The van der Waals surface area contributed by atoms with Gasteiger partial charge in [0.05, 0.1) is 12.2 Å². The summed E-state index contributed by atoms with van der Waals surface area (Å²) in [5, 5.41) is 15.0. The van der Waals surface area contributed by atoms with Gasteiger partial charge < -0.3 is 26.0 Å². The molecule has 0 unspecified atom stereocenters. The molecule has 0 aliphatic heterocycles.